The van der Waals surface area contributed by atoms with Gasteiger partial charge in [0.05, 0.1) is 24.9 Å². The molecule has 0 bridgehead atoms. The lowest BCUT2D eigenvalue weighted by Crippen LogP contribution is -2.50. The zero-order valence-electron chi connectivity index (χ0n) is 13.6. The summed E-state index contributed by atoms with van der Waals surface area (Å²) < 4.78 is 11.9. The summed E-state index contributed by atoms with van der Waals surface area (Å²) in [6.07, 6.45) is 3.58. The Morgan fingerprint density at radius 2 is 1.95 bits per heavy atom. The van der Waals surface area contributed by atoms with E-state index in [4.69, 9.17) is 9.47 Å². The van der Waals surface area contributed by atoms with E-state index < -0.39 is 0 Å². The molecule has 4 atom stereocenters. The van der Waals surface area contributed by atoms with Gasteiger partial charge in [0, 0.05) is 25.7 Å². The molecular weight excluding hydrogens is 252 g/mol. The molecule has 1 N–H and O–H groups in total. The third-order valence-corrected chi connectivity index (χ3v) is 4.30. The largest absolute Gasteiger partial charge is 0.376 e. The minimum absolute atomic E-state index is 0.358. The molecule has 0 aromatic carbocycles. The molecule has 4 unspecified atom stereocenters. The molecule has 2 saturated heterocycles. The summed E-state index contributed by atoms with van der Waals surface area (Å²) in [6, 6.07) is 0.521. The van der Waals surface area contributed by atoms with Crippen LogP contribution >= 0.6 is 0 Å². The standard InChI is InChI=1S/C16H32N2O2/c1-12(2)7-17-8-15-5-6-16(20-15)10-18-9-14(4)19-11-13(18)3/h12-17H,5-11H2,1-4H3. The quantitative estimate of drug-likeness (QED) is 0.807. The first-order valence-corrected chi connectivity index (χ1v) is 8.26. The maximum Gasteiger partial charge on any atom is 0.0707 e. The van der Waals surface area contributed by atoms with Crippen molar-refractivity contribution in [1.29, 1.82) is 0 Å². The molecule has 118 valence electrons. The number of nitrogens with one attached hydrogen (secondary N) is 1. The van der Waals surface area contributed by atoms with Gasteiger partial charge >= 0.3 is 0 Å². The van der Waals surface area contributed by atoms with E-state index in [-0.39, 0.29) is 0 Å². The number of ether oxygens (including phenoxy) is 2. The Hall–Kier alpha value is -0.160. The van der Waals surface area contributed by atoms with Crippen LogP contribution in [0.2, 0.25) is 0 Å². The summed E-state index contributed by atoms with van der Waals surface area (Å²) >= 11 is 0. The maximum absolute atomic E-state index is 6.18. The molecule has 0 spiro atoms. The van der Waals surface area contributed by atoms with Crippen molar-refractivity contribution in [2.24, 2.45) is 5.92 Å². The van der Waals surface area contributed by atoms with Crippen LogP contribution in [0, 0.1) is 5.92 Å². The molecule has 4 heteroatoms. The third-order valence-electron chi connectivity index (χ3n) is 4.30. The molecule has 0 aliphatic carbocycles. The summed E-state index contributed by atoms with van der Waals surface area (Å²) in [6.45, 7) is 13.9. The SMILES string of the molecule is CC(C)CNCC1CCC(CN2CC(C)OCC2C)O1. The summed E-state index contributed by atoms with van der Waals surface area (Å²) in [4.78, 5) is 2.53. The molecule has 2 fully saturated rings. The van der Waals surface area contributed by atoms with E-state index in [0.29, 0.717) is 30.3 Å². The molecule has 0 amide bonds. The van der Waals surface area contributed by atoms with E-state index in [0.717, 1.165) is 32.8 Å². The second-order valence-electron chi connectivity index (χ2n) is 6.96. The van der Waals surface area contributed by atoms with Crippen molar-refractivity contribution in [1.82, 2.24) is 10.2 Å². The molecule has 2 rings (SSSR count). The highest BCUT2D eigenvalue weighted by molar-refractivity contribution is 4.82. The number of morpholine rings is 1. The van der Waals surface area contributed by atoms with Crippen LogP contribution in [0.1, 0.15) is 40.5 Å². The first-order chi connectivity index (χ1) is 9.54. The third kappa shape index (κ3) is 4.99. The normalized spacial score (nSPS) is 35.9. The van der Waals surface area contributed by atoms with Crippen LogP contribution in [0.4, 0.5) is 0 Å². The van der Waals surface area contributed by atoms with Crippen molar-refractivity contribution < 1.29 is 9.47 Å². The zero-order chi connectivity index (χ0) is 14.5. The second-order valence-corrected chi connectivity index (χ2v) is 6.96. The Balaban J connectivity index is 1.67. The van der Waals surface area contributed by atoms with E-state index in [1.54, 1.807) is 0 Å². The summed E-state index contributed by atoms with van der Waals surface area (Å²) in [5.74, 6) is 0.711. The average Bonchev–Trinajstić information content (AvgIpc) is 2.81. The molecule has 0 aromatic rings. The van der Waals surface area contributed by atoms with Gasteiger partial charge in [-0.3, -0.25) is 4.90 Å². The van der Waals surface area contributed by atoms with Gasteiger partial charge in [-0.2, -0.15) is 0 Å². The van der Waals surface area contributed by atoms with E-state index in [1.165, 1.54) is 12.8 Å². The van der Waals surface area contributed by atoms with Gasteiger partial charge < -0.3 is 14.8 Å². The monoisotopic (exact) mass is 284 g/mol. The highest BCUT2D eigenvalue weighted by Gasteiger charge is 2.30. The van der Waals surface area contributed by atoms with Crippen LogP contribution in [0.25, 0.3) is 0 Å². The van der Waals surface area contributed by atoms with Gasteiger partial charge in [-0.25, -0.2) is 0 Å². The predicted molar refractivity (Wildman–Crippen MR) is 82.1 cm³/mol. The molecule has 0 aromatic heterocycles. The molecule has 4 nitrogen and oxygen atoms in total. The van der Waals surface area contributed by atoms with Gasteiger partial charge in [0.15, 0.2) is 0 Å². The van der Waals surface area contributed by atoms with E-state index in [1.807, 2.05) is 0 Å². The maximum atomic E-state index is 6.18. The minimum Gasteiger partial charge on any atom is -0.376 e. The van der Waals surface area contributed by atoms with Crippen molar-refractivity contribution in [3.63, 3.8) is 0 Å². The van der Waals surface area contributed by atoms with Crippen LogP contribution in [-0.4, -0.2) is 62.0 Å². The minimum atomic E-state index is 0.358. The molecule has 2 aliphatic heterocycles. The van der Waals surface area contributed by atoms with Gasteiger partial charge in [0.2, 0.25) is 0 Å². The lowest BCUT2D eigenvalue weighted by molar-refractivity contribution is -0.0690. The molecular formula is C16H32N2O2. The fourth-order valence-corrected chi connectivity index (χ4v) is 3.09. The van der Waals surface area contributed by atoms with E-state index in [9.17, 15) is 0 Å². The van der Waals surface area contributed by atoms with Gasteiger partial charge in [0.1, 0.15) is 0 Å². The lowest BCUT2D eigenvalue weighted by atomic mass is 10.1. The summed E-state index contributed by atoms with van der Waals surface area (Å²) in [7, 11) is 0. The highest BCUT2D eigenvalue weighted by atomic mass is 16.5. The Kier molecular flexibility index (Phi) is 6.27. The predicted octanol–water partition coefficient (Wildman–Crippen LogP) is 1.89. The van der Waals surface area contributed by atoms with Gasteiger partial charge in [0.25, 0.3) is 0 Å². The first-order valence-electron chi connectivity index (χ1n) is 8.26. The van der Waals surface area contributed by atoms with Gasteiger partial charge in [-0.15, -0.1) is 0 Å². The Labute approximate surface area is 124 Å². The second kappa shape index (κ2) is 7.74. The number of rotatable bonds is 6. The molecule has 20 heavy (non-hydrogen) atoms. The molecule has 0 saturated carbocycles. The van der Waals surface area contributed by atoms with Crippen molar-refractivity contribution in [2.75, 3.05) is 32.8 Å². The van der Waals surface area contributed by atoms with Crippen molar-refractivity contribution >= 4 is 0 Å². The van der Waals surface area contributed by atoms with Crippen LogP contribution in [0.15, 0.2) is 0 Å². The van der Waals surface area contributed by atoms with E-state index in [2.05, 4.69) is 37.9 Å². The number of nitrogens with zero attached hydrogens (tertiary/aromatic N) is 1. The number of hydrogen-bond donors (Lipinski definition) is 1. The van der Waals surface area contributed by atoms with Crippen LogP contribution < -0.4 is 5.32 Å². The summed E-state index contributed by atoms with van der Waals surface area (Å²) in [5, 5.41) is 3.51. The molecule has 0 radical (unpaired) electrons. The van der Waals surface area contributed by atoms with Crippen LogP contribution in [-0.2, 0) is 9.47 Å². The van der Waals surface area contributed by atoms with Crippen molar-refractivity contribution in [3.8, 4) is 0 Å². The summed E-state index contributed by atoms with van der Waals surface area (Å²) in [5.41, 5.74) is 0. The fraction of sp³-hybridized carbons (Fsp3) is 1.00. The Morgan fingerprint density at radius 1 is 1.20 bits per heavy atom. The topological polar surface area (TPSA) is 33.7 Å². The number of hydrogen-bond acceptors (Lipinski definition) is 4. The van der Waals surface area contributed by atoms with Gasteiger partial charge in [-0.1, -0.05) is 13.8 Å². The smallest absolute Gasteiger partial charge is 0.0707 e. The highest BCUT2D eigenvalue weighted by Crippen LogP contribution is 2.22. The van der Waals surface area contributed by atoms with Crippen molar-refractivity contribution in [3.05, 3.63) is 0 Å². The molecule has 2 aliphatic rings. The van der Waals surface area contributed by atoms with Crippen molar-refractivity contribution in [2.45, 2.75) is 64.9 Å². The van der Waals surface area contributed by atoms with Crippen LogP contribution in [0.3, 0.4) is 0 Å². The van der Waals surface area contributed by atoms with Crippen LogP contribution in [0.5, 0.6) is 0 Å². The average molecular weight is 284 g/mol. The van der Waals surface area contributed by atoms with E-state index >= 15 is 0 Å². The lowest BCUT2D eigenvalue weighted by Gasteiger charge is -2.38. The van der Waals surface area contributed by atoms with Gasteiger partial charge in [-0.05, 0) is 39.2 Å². The first kappa shape index (κ1) is 16.2. The zero-order valence-corrected chi connectivity index (χ0v) is 13.6. The Morgan fingerprint density at radius 3 is 2.70 bits per heavy atom. The molecule has 2 heterocycles. The fourth-order valence-electron chi connectivity index (χ4n) is 3.09. The Bertz CT molecular complexity index is 286.